The van der Waals surface area contributed by atoms with Gasteiger partial charge >= 0.3 is 0 Å². The average Bonchev–Trinajstić information content (AvgIpc) is 3.41. The van der Waals surface area contributed by atoms with E-state index in [0.717, 1.165) is 37.7 Å². The Kier molecular flexibility index (Phi) is 12.1. The SMILES string of the molecule is CC(C)C[C@H](NC(=O)Cc1ccccc1)C(=O)N[C@@H](CC(C)C)C(=O)N1CCN([C@H]2C[C@@]3(C)[C@@H](CC[C@@H]4[C@@H]3CC[C@]3(C)[C@@H](O)CC[C@@H]43)C[C@@H]2O)CC1. The van der Waals surface area contributed by atoms with E-state index in [1.807, 2.05) is 49.1 Å². The molecule has 0 bridgehead atoms. The zero-order valence-electron chi connectivity index (χ0n) is 32.9. The number of benzene rings is 1. The van der Waals surface area contributed by atoms with Gasteiger partial charge < -0.3 is 25.7 Å². The zero-order chi connectivity index (χ0) is 37.4. The molecule has 4 N–H and O–H groups in total. The van der Waals surface area contributed by atoms with Crippen LogP contribution in [0.4, 0.5) is 0 Å². The third-order valence-corrected chi connectivity index (χ3v) is 14.6. The van der Waals surface area contributed by atoms with Crippen LogP contribution in [0.3, 0.4) is 0 Å². The molecular weight excluding hydrogens is 652 g/mol. The van der Waals surface area contributed by atoms with Crippen LogP contribution in [0.15, 0.2) is 30.3 Å². The van der Waals surface area contributed by atoms with Gasteiger partial charge in [0.2, 0.25) is 17.7 Å². The van der Waals surface area contributed by atoms with Crippen molar-refractivity contribution in [2.24, 2.45) is 46.3 Å². The second-order valence-corrected chi connectivity index (χ2v) is 18.8. The van der Waals surface area contributed by atoms with Gasteiger partial charge in [-0.1, -0.05) is 71.9 Å². The molecule has 1 heterocycles. The number of carbonyl (C=O) groups is 3. The number of rotatable bonds is 11. The highest BCUT2D eigenvalue weighted by molar-refractivity contribution is 5.92. The van der Waals surface area contributed by atoms with Gasteiger partial charge in [-0.05, 0) is 116 Å². The summed E-state index contributed by atoms with van der Waals surface area (Å²) in [6.45, 7) is 15.6. The van der Waals surface area contributed by atoms with Gasteiger partial charge in [0.15, 0.2) is 0 Å². The van der Waals surface area contributed by atoms with Crippen molar-refractivity contribution in [2.75, 3.05) is 26.2 Å². The van der Waals surface area contributed by atoms with Crippen LogP contribution in [0.1, 0.15) is 111 Å². The number of nitrogens with zero attached hydrogens (tertiary/aromatic N) is 2. The van der Waals surface area contributed by atoms with Crippen molar-refractivity contribution in [2.45, 2.75) is 143 Å². The molecule has 1 aliphatic heterocycles. The number of fused-ring (bicyclic) bond motifs is 5. The molecule has 3 amide bonds. The molecule has 1 aromatic rings. The van der Waals surface area contributed by atoms with Crippen LogP contribution in [-0.4, -0.2) is 94.2 Å². The Morgan fingerprint density at radius 3 is 2.13 bits per heavy atom. The van der Waals surface area contributed by atoms with Crippen LogP contribution in [0, 0.1) is 46.3 Å². The molecule has 1 saturated heterocycles. The fourth-order valence-electron chi connectivity index (χ4n) is 11.8. The maximum absolute atomic E-state index is 14.1. The monoisotopic (exact) mass is 721 g/mol. The van der Waals surface area contributed by atoms with Gasteiger partial charge in [0.05, 0.1) is 18.6 Å². The smallest absolute Gasteiger partial charge is 0.245 e. The minimum Gasteiger partial charge on any atom is -0.393 e. The maximum Gasteiger partial charge on any atom is 0.245 e. The molecule has 4 aliphatic carbocycles. The fourth-order valence-corrected chi connectivity index (χ4v) is 11.8. The van der Waals surface area contributed by atoms with Crippen LogP contribution in [0.25, 0.3) is 0 Å². The lowest BCUT2D eigenvalue weighted by molar-refractivity contribution is -0.157. The van der Waals surface area contributed by atoms with Gasteiger partial charge in [0.1, 0.15) is 12.1 Å². The van der Waals surface area contributed by atoms with E-state index in [1.54, 1.807) is 0 Å². The first-order valence-corrected chi connectivity index (χ1v) is 20.7. The molecule has 11 atom stereocenters. The molecule has 0 radical (unpaired) electrons. The molecule has 0 aromatic heterocycles. The van der Waals surface area contributed by atoms with Crippen LogP contribution in [0.5, 0.6) is 0 Å². The van der Waals surface area contributed by atoms with Crippen LogP contribution in [0.2, 0.25) is 0 Å². The van der Waals surface area contributed by atoms with Crippen molar-refractivity contribution in [1.29, 1.82) is 0 Å². The first-order valence-electron chi connectivity index (χ1n) is 20.7. The summed E-state index contributed by atoms with van der Waals surface area (Å²) in [7, 11) is 0. The molecule has 0 unspecified atom stereocenters. The van der Waals surface area contributed by atoms with Gasteiger partial charge in [0, 0.05) is 32.2 Å². The molecular formula is C43H68N4O5. The number of amides is 3. The zero-order valence-corrected chi connectivity index (χ0v) is 32.9. The predicted molar refractivity (Wildman–Crippen MR) is 204 cm³/mol. The molecule has 52 heavy (non-hydrogen) atoms. The first kappa shape index (κ1) is 39.2. The molecule has 9 heteroatoms. The average molecular weight is 721 g/mol. The van der Waals surface area contributed by atoms with E-state index >= 15 is 0 Å². The number of carbonyl (C=O) groups excluding carboxylic acids is 3. The molecule has 5 fully saturated rings. The van der Waals surface area contributed by atoms with Gasteiger partial charge in [-0.3, -0.25) is 19.3 Å². The molecule has 6 rings (SSSR count). The summed E-state index contributed by atoms with van der Waals surface area (Å²) in [6, 6.07) is 8.22. The normalized spacial score (nSPS) is 36.0. The summed E-state index contributed by atoms with van der Waals surface area (Å²) in [5.41, 5.74) is 1.14. The first-order chi connectivity index (χ1) is 24.7. The molecule has 9 nitrogen and oxygen atoms in total. The van der Waals surface area contributed by atoms with Crippen molar-refractivity contribution in [3.05, 3.63) is 35.9 Å². The predicted octanol–water partition coefficient (Wildman–Crippen LogP) is 5.18. The van der Waals surface area contributed by atoms with Crippen LogP contribution in [-0.2, 0) is 20.8 Å². The van der Waals surface area contributed by atoms with Gasteiger partial charge in [-0.15, -0.1) is 0 Å². The molecule has 1 aromatic carbocycles. The van der Waals surface area contributed by atoms with E-state index in [4.69, 9.17) is 0 Å². The number of piperazine rings is 1. The largest absolute Gasteiger partial charge is 0.393 e. The summed E-state index contributed by atoms with van der Waals surface area (Å²) >= 11 is 0. The second-order valence-electron chi connectivity index (χ2n) is 18.8. The Labute approximate surface area is 313 Å². The number of aliphatic hydroxyl groups excluding tert-OH is 2. The molecule has 5 aliphatic rings. The third kappa shape index (κ3) is 8.12. The van der Waals surface area contributed by atoms with E-state index in [9.17, 15) is 24.6 Å². The Morgan fingerprint density at radius 1 is 0.808 bits per heavy atom. The van der Waals surface area contributed by atoms with Crippen molar-refractivity contribution >= 4 is 17.7 Å². The molecule has 0 spiro atoms. The Bertz CT molecular complexity index is 1400. The van der Waals surface area contributed by atoms with Crippen molar-refractivity contribution in [3.8, 4) is 0 Å². The lowest BCUT2D eigenvalue weighted by Gasteiger charge is -2.62. The quantitative estimate of drug-likeness (QED) is 0.250. The fraction of sp³-hybridized carbons (Fsp3) is 0.791. The van der Waals surface area contributed by atoms with E-state index in [2.05, 4.69) is 43.2 Å². The highest BCUT2D eigenvalue weighted by Gasteiger charge is 2.61. The van der Waals surface area contributed by atoms with E-state index in [-0.39, 0.29) is 65.1 Å². The number of hydrogen-bond acceptors (Lipinski definition) is 6. The maximum atomic E-state index is 14.1. The Balaban J connectivity index is 1.07. The lowest BCUT2D eigenvalue weighted by atomic mass is 9.44. The summed E-state index contributed by atoms with van der Waals surface area (Å²) < 4.78 is 0. The topological polar surface area (TPSA) is 122 Å². The Morgan fingerprint density at radius 2 is 1.46 bits per heavy atom. The van der Waals surface area contributed by atoms with E-state index < -0.39 is 12.1 Å². The van der Waals surface area contributed by atoms with Gasteiger partial charge in [0.25, 0.3) is 0 Å². The van der Waals surface area contributed by atoms with Crippen molar-refractivity contribution in [1.82, 2.24) is 20.4 Å². The molecule has 290 valence electrons. The number of hydrogen-bond donors (Lipinski definition) is 4. The summed E-state index contributed by atoms with van der Waals surface area (Å²) in [6.07, 6.45) is 9.36. The lowest BCUT2D eigenvalue weighted by Crippen LogP contribution is -2.63. The Hall–Kier alpha value is -2.49. The highest BCUT2D eigenvalue weighted by Crippen LogP contribution is 2.66. The molecule has 4 saturated carbocycles. The number of aliphatic hydroxyl groups is 2. The van der Waals surface area contributed by atoms with Gasteiger partial charge in [-0.25, -0.2) is 0 Å². The standard InChI is InChI=1S/C43H68N4O5/c1-27(2)22-34(44-39(50)24-29-10-8-7-9-11-29)40(51)45-35(23-28(3)4)41(52)47-20-18-46(19-21-47)36-26-43(6)30(25-37(36)48)12-13-31-32-14-15-38(49)42(32,5)17-16-33(31)43/h7-11,27-28,30-38,48-49H,12-26H2,1-6H3,(H,44,50)(H,45,51)/t30-,31-,32-,33-,34-,35-,36-,37-,38-,42-,43-/m0/s1. The summed E-state index contributed by atoms with van der Waals surface area (Å²) in [4.78, 5) is 45.2. The summed E-state index contributed by atoms with van der Waals surface area (Å²) in [5, 5.41) is 28.5. The van der Waals surface area contributed by atoms with Crippen molar-refractivity contribution in [3.63, 3.8) is 0 Å². The highest BCUT2D eigenvalue weighted by atomic mass is 16.3. The summed E-state index contributed by atoms with van der Waals surface area (Å²) in [5.74, 6) is 2.29. The van der Waals surface area contributed by atoms with Crippen LogP contribution >= 0.6 is 0 Å². The third-order valence-electron chi connectivity index (χ3n) is 14.6. The van der Waals surface area contributed by atoms with Gasteiger partial charge in [-0.2, -0.15) is 0 Å². The minimum absolute atomic E-state index is 0.0593. The van der Waals surface area contributed by atoms with Crippen LogP contribution < -0.4 is 10.6 Å². The minimum atomic E-state index is -0.718. The number of nitrogens with one attached hydrogen (secondary N) is 2. The van der Waals surface area contributed by atoms with E-state index in [1.165, 1.54) is 19.3 Å². The van der Waals surface area contributed by atoms with E-state index in [0.29, 0.717) is 62.7 Å². The van der Waals surface area contributed by atoms with Crippen molar-refractivity contribution < 1.29 is 24.6 Å². The second kappa shape index (κ2) is 16.1.